The van der Waals surface area contributed by atoms with Gasteiger partial charge in [-0.3, -0.25) is 0 Å². The molecule has 0 saturated carbocycles. The fourth-order valence-corrected chi connectivity index (χ4v) is 1.10. The topological polar surface area (TPSA) is 46.2 Å². The smallest absolute Gasteiger partial charge is 0.153 e. The first-order valence-electron chi connectivity index (χ1n) is 2.59. The predicted octanol–water partition coefficient (Wildman–Crippen LogP) is 2.03. The summed E-state index contributed by atoms with van der Waals surface area (Å²) in [5.41, 5.74) is 5.73. The van der Waals surface area contributed by atoms with Gasteiger partial charge < -0.3 is 10.8 Å². The zero-order valence-electron chi connectivity index (χ0n) is 5.00. The van der Waals surface area contributed by atoms with Crippen molar-refractivity contribution in [1.29, 1.82) is 0 Å². The molecule has 2 nitrogen and oxygen atoms in total. The summed E-state index contributed by atoms with van der Waals surface area (Å²) in [5, 5.41) is 9.17. The molecule has 1 rings (SSSR count). The summed E-state index contributed by atoms with van der Waals surface area (Å²) in [6, 6.07) is 3.40. The summed E-state index contributed by atoms with van der Waals surface area (Å²) in [4.78, 5) is 0.584. The van der Waals surface area contributed by atoms with Gasteiger partial charge in [-0.05, 0) is 28.1 Å². The number of aromatic hydroxyl groups is 1. The van der Waals surface area contributed by atoms with Gasteiger partial charge in [0.05, 0.1) is 10.2 Å². The van der Waals surface area contributed by atoms with Crippen molar-refractivity contribution < 1.29 is 5.11 Å². The quantitative estimate of drug-likeness (QED) is 0.356. The van der Waals surface area contributed by atoms with E-state index in [4.69, 9.17) is 10.8 Å². The van der Waals surface area contributed by atoms with Gasteiger partial charge in [-0.15, -0.1) is 12.6 Å². The third-order valence-electron chi connectivity index (χ3n) is 1.14. The Morgan fingerprint density at radius 3 is 2.60 bits per heavy atom. The van der Waals surface area contributed by atoms with Crippen LogP contribution in [0.4, 0.5) is 5.69 Å². The zero-order valence-corrected chi connectivity index (χ0v) is 7.48. The first-order chi connectivity index (χ1) is 4.63. The molecule has 0 fully saturated rings. The van der Waals surface area contributed by atoms with Crippen molar-refractivity contribution in [2.45, 2.75) is 4.90 Å². The van der Waals surface area contributed by atoms with E-state index in [2.05, 4.69) is 28.6 Å². The van der Waals surface area contributed by atoms with E-state index in [1.54, 1.807) is 12.1 Å². The molecule has 0 amide bonds. The second-order valence-corrected chi connectivity index (χ2v) is 3.16. The Kier molecular flexibility index (Phi) is 2.11. The maximum atomic E-state index is 9.17. The van der Waals surface area contributed by atoms with Gasteiger partial charge in [-0.2, -0.15) is 0 Å². The Hall–Kier alpha value is -0.350. The van der Waals surface area contributed by atoms with Crippen molar-refractivity contribution in [1.82, 2.24) is 0 Å². The zero-order chi connectivity index (χ0) is 7.72. The number of nitrogens with two attached hydrogens (primary N) is 1. The SMILES string of the molecule is Nc1c(S)ccc(Br)c1O. The Morgan fingerprint density at radius 2 is 2.10 bits per heavy atom. The minimum atomic E-state index is 0.0486. The highest BCUT2D eigenvalue weighted by Crippen LogP contribution is 2.33. The molecule has 0 spiro atoms. The molecule has 54 valence electrons. The van der Waals surface area contributed by atoms with Crippen LogP contribution in [0, 0.1) is 0 Å². The highest BCUT2D eigenvalue weighted by molar-refractivity contribution is 9.10. The first kappa shape index (κ1) is 7.75. The van der Waals surface area contributed by atoms with Crippen LogP contribution in [0.3, 0.4) is 0 Å². The molecule has 0 unspecified atom stereocenters. The van der Waals surface area contributed by atoms with E-state index < -0.39 is 0 Å². The molecule has 3 N–H and O–H groups in total. The molecule has 0 aromatic heterocycles. The van der Waals surface area contributed by atoms with E-state index in [1.165, 1.54) is 0 Å². The highest BCUT2D eigenvalue weighted by Gasteiger charge is 2.03. The van der Waals surface area contributed by atoms with Crippen molar-refractivity contribution >= 4 is 34.2 Å². The third kappa shape index (κ3) is 1.22. The minimum absolute atomic E-state index is 0.0486. The van der Waals surface area contributed by atoms with Crippen LogP contribution in [0.15, 0.2) is 21.5 Å². The third-order valence-corrected chi connectivity index (χ3v) is 2.17. The molecule has 0 bridgehead atoms. The van der Waals surface area contributed by atoms with Crippen LogP contribution < -0.4 is 5.73 Å². The van der Waals surface area contributed by atoms with E-state index in [9.17, 15) is 0 Å². The predicted molar refractivity (Wildman–Crippen MR) is 47.5 cm³/mol. The number of benzene rings is 1. The maximum Gasteiger partial charge on any atom is 0.153 e. The number of nitrogen functional groups attached to an aromatic ring is 1. The van der Waals surface area contributed by atoms with Crippen molar-refractivity contribution in [3.63, 3.8) is 0 Å². The lowest BCUT2D eigenvalue weighted by molar-refractivity contribution is 0.473. The van der Waals surface area contributed by atoms with E-state index in [0.29, 0.717) is 15.1 Å². The fourth-order valence-electron chi connectivity index (χ4n) is 0.571. The highest BCUT2D eigenvalue weighted by atomic mass is 79.9. The molecule has 0 aliphatic heterocycles. The van der Waals surface area contributed by atoms with Crippen LogP contribution in [0.25, 0.3) is 0 Å². The second-order valence-electron chi connectivity index (χ2n) is 1.83. The molecule has 1 aromatic carbocycles. The maximum absolute atomic E-state index is 9.17. The fraction of sp³-hybridized carbons (Fsp3) is 0. The molecule has 0 radical (unpaired) electrons. The van der Waals surface area contributed by atoms with Gasteiger partial charge in [0.2, 0.25) is 0 Å². The Labute approximate surface area is 72.6 Å². The molecule has 10 heavy (non-hydrogen) atoms. The molecule has 0 atom stereocenters. The molecular weight excluding hydrogens is 214 g/mol. The van der Waals surface area contributed by atoms with Gasteiger partial charge >= 0.3 is 0 Å². The van der Waals surface area contributed by atoms with E-state index in [0.717, 1.165) is 0 Å². The lowest BCUT2D eigenvalue weighted by Gasteiger charge is -2.02. The van der Waals surface area contributed by atoms with Crippen molar-refractivity contribution in [3.05, 3.63) is 16.6 Å². The number of phenols is 1. The largest absolute Gasteiger partial charge is 0.505 e. The van der Waals surface area contributed by atoms with E-state index in [-0.39, 0.29) is 5.75 Å². The minimum Gasteiger partial charge on any atom is -0.505 e. The number of phenolic OH excluding ortho intramolecular Hbond substituents is 1. The molecule has 1 aromatic rings. The van der Waals surface area contributed by atoms with Gasteiger partial charge in [0, 0.05) is 4.90 Å². The average Bonchev–Trinajstić information content (AvgIpc) is 1.93. The van der Waals surface area contributed by atoms with E-state index in [1.807, 2.05) is 0 Å². The number of rotatable bonds is 0. The van der Waals surface area contributed by atoms with Crippen molar-refractivity contribution in [2.75, 3.05) is 5.73 Å². The van der Waals surface area contributed by atoms with Crippen LogP contribution >= 0.6 is 28.6 Å². The number of anilines is 1. The van der Waals surface area contributed by atoms with Crippen molar-refractivity contribution in [3.8, 4) is 5.75 Å². The van der Waals surface area contributed by atoms with Gasteiger partial charge in [0.25, 0.3) is 0 Å². The van der Waals surface area contributed by atoms with E-state index >= 15 is 0 Å². The molecule has 4 heteroatoms. The average molecular weight is 220 g/mol. The number of halogens is 1. The normalized spacial score (nSPS) is 9.80. The van der Waals surface area contributed by atoms with Gasteiger partial charge in [-0.1, -0.05) is 0 Å². The molecule has 0 aliphatic carbocycles. The van der Waals surface area contributed by atoms with Crippen molar-refractivity contribution in [2.24, 2.45) is 0 Å². The van der Waals surface area contributed by atoms with Crippen LogP contribution in [0.2, 0.25) is 0 Å². The Balaban J connectivity index is 3.34. The Bertz CT molecular complexity index is 237. The van der Waals surface area contributed by atoms with Gasteiger partial charge in [0.15, 0.2) is 5.75 Å². The van der Waals surface area contributed by atoms with Crippen LogP contribution in [0.5, 0.6) is 5.75 Å². The lowest BCUT2D eigenvalue weighted by Crippen LogP contribution is -1.87. The lowest BCUT2D eigenvalue weighted by atomic mass is 10.3. The second kappa shape index (κ2) is 2.72. The molecule has 0 heterocycles. The number of hydrogen-bond acceptors (Lipinski definition) is 3. The summed E-state index contributed by atoms with van der Waals surface area (Å²) in [7, 11) is 0. The monoisotopic (exact) mass is 219 g/mol. The first-order valence-corrected chi connectivity index (χ1v) is 3.83. The van der Waals surface area contributed by atoms with Crippen LogP contribution in [0.1, 0.15) is 0 Å². The Morgan fingerprint density at radius 1 is 1.50 bits per heavy atom. The molecule has 0 saturated heterocycles. The standard InChI is InChI=1S/C6H6BrNOS/c7-3-1-2-4(10)5(8)6(3)9/h1-2,9-10H,8H2. The van der Waals surface area contributed by atoms with Gasteiger partial charge in [-0.25, -0.2) is 0 Å². The summed E-state index contributed by atoms with van der Waals surface area (Å²) < 4.78 is 0.586. The summed E-state index contributed by atoms with van der Waals surface area (Å²) in [6.45, 7) is 0. The molecule has 0 aliphatic rings. The van der Waals surface area contributed by atoms with Crippen LogP contribution in [-0.4, -0.2) is 5.11 Å². The van der Waals surface area contributed by atoms with Gasteiger partial charge in [0.1, 0.15) is 0 Å². The number of thiol groups is 1. The van der Waals surface area contributed by atoms with Crippen LogP contribution in [-0.2, 0) is 0 Å². The summed E-state index contributed by atoms with van der Waals surface area (Å²) in [6.07, 6.45) is 0. The summed E-state index contributed by atoms with van der Waals surface area (Å²) in [5.74, 6) is 0.0486. The number of hydrogen-bond donors (Lipinski definition) is 3. The summed E-state index contributed by atoms with van der Waals surface area (Å²) >= 11 is 7.13. The molecular formula is C6H6BrNOS.